The van der Waals surface area contributed by atoms with Crippen LogP contribution in [0.15, 0.2) is 56.9 Å². The van der Waals surface area contributed by atoms with Crippen LogP contribution in [-0.2, 0) is 14.8 Å². The molecule has 9 nitrogen and oxygen atoms in total. The van der Waals surface area contributed by atoms with Gasteiger partial charge in [0.15, 0.2) is 0 Å². The van der Waals surface area contributed by atoms with Crippen LogP contribution in [0.25, 0.3) is 0 Å². The highest BCUT2D eigenvalue weighted by atomic mass is 79.9. The van der Waals surface area contributed by atoms with Crippen LogP contribution < -0.4 is 5.43 Å². The highest BCUT2D eigenvalue weighted by Gasteiger charge is 2.30. The van der Waals surface area contributed by atoms with E-state index in [4.69, 9.17) is 4.74 Å². The van der Waals surface area contributed by atoms with E-state index >= 15 is 0 Å². The molecular formula is C17H17BrN4O5S. The quantitative estimate of drug-likeness (QED) is 0.396. The smallest absolute Gasteiger partial charge is 0.270 e. The molecule has 0 aromatic heterocycles. The van der Waals surface area contributed by atoms with Crippen LogP contribution in [0.2, 0.25) is 0 Å². The number of morpholine rings is 1. The van der Waals surface area contributed by atoms with Crippen LogP contribution in [0.4, 0.5) is 11.4 Å². The largest absolute Gasteiger partial charge is 0.379 e. The number of halogens is 1. The SMILES string of the molecule is O=[N+]([O-])c1ccc(N/N=C/c2ccc(Br)cc2)c(S(=O)(=O)N2CCOCC2)c1. The third-order valence-electron chi connectivity index (χ3n) is 4.03. The summed E-state index contributed by atoms with van der Waals surface area (Å²) in [6, 6.07) is 11.0. The molecule has 148 valence electrons. The van der Waals surface area contributed by atoms with E-state index < -0.39 is 14.9 Å². The fraction of sp³-hybridized carbons (Fsp3) is 0.235. The summed E-state index contributed by atoms with van der Waals surface area (Å²) in [6.45, 7) is 0.927. The maximum atomic E-state index is 13.0. The van der Waals surface area contributed by atoms with Gasteiger partial charge >= 0.3 is 0 Å². The highest BCUT2D eigenvalue weighted by molar-refractivity contribution is 9.10. The molecule has 3 rings (SSSR count). The molecule has 11 heteroatoms. The van der Waals surface area contributed by atoms with E-state index in [1.54, 1.807) is 0 Å². The monoisotopic (exact) mass is 468 g/mol. The normalized spacial score (nSPS) is 15.6. The zero-order chi connectivity index (χ0) is 20.1. The summed E-state index contributed by atoms with van der Waals surface area (Å²) < 4.78 is 33.4. The lowest BCUT2D eigenvalue weighted by atomic mass is 10.2. The first-order valence-corrected chi connectivity index (χ1v) is 10.5. The lowest BCUT2D eigenvalue weighted by molar-refractivity contribution is -0.385. The number of anilines is 1. The van der Waals surface area contributed by atoms with Crippen LogP contribution in [0.5, 0.6) is 0 Å². The second-order valence-corrected chi connectivity index (χ2v) is 8.70. The van der Waals surface area contributed by atoms with Gasteiger partial charge in [-0.25, -0.2) is 8.42 Å². The minimum absolute atomic E-state index is 0.158. The summed E-state index contributed by atoms with van der Waals surface area (Å²) in [5.74, 6) is 0. The lowest BCUT2D eigenvalue weighted by Crippen LogP contribution is -2.40. The van der Waals surface area contributed by atoms with Gasteiger partial charge in [-0.2, -0.15) is 9.41 Å². The Kier molecular flexibility index (Phi) is 6.39. The molecule has 2 aromatic rings. The number of hydrogen-bond acceptors (Lipinski definition) is 7. The third kappa shape index (κ3) is 4.73. The number of nitro groups is 1. The van der Waals surface area contributed by atoms with Gasteiger partial charge in [-0.15, -0.1) is 0 Å². The number of rotatable bonds is 6. The summed E-state index contributed by atoms with van der Waals surface area (Å²) in [5, 5.41) is 15.2. The molecular weight excluding hydrogens is 452 g/mol. The van der Waals surface area contributed by atoms with Crippen molar-refractivity contribution in [3.63, 3.8) is 0 Å². The summed E-state index contributed by atoms with van der Waals surface area (Å²) in [7, 11) is -3.94. The van der Waals surface area contributed by atoms with Gasteiger partial charge in [-0.3, -0.25) is 15.5 Å². The minimum Gasteiger partial charge on any atom is -0.379 e. The molecule has 2 aromatic carbocycles. The molecule has 1 N–H and O–H groups in total. The van der Waals surface area contributed by atoms with Gasteiger partial charge in [0, 0.05) is 29.7 Å². The first kappa shape index (κ1) is 20.4. The number of benzene rings is 2. The predicted octanol–water partition coefficient (Wildman–Crippen LogP) is 2.82. The molecule has 0 aliphatic carbocycles. The number of hydrazone groups is 1. The number of hydrogen-bond donors (Lipinski definition) is 1. The van der Waals surface area contributed by atoms with Gasteiger partial charge in [0.05, 0.1) is 30.0 Å². The van der Waals surface area contributed by atoms with Crippen molar-refractivity contribution in [1.29, 1.82) is 0 Å². The molecule has 1 aliphatic heterocycles. The van der Waals surface area contributed by atoms with Gasteiger partial charge in [0.1, 0.15) is 4.90 Å². The molecule has 0 atom stereocenters. The average Bonchev–Trinajstić information content (AvgIpc) is 2.70. The Morgan fingerprint density at radius 3 is 2.50 bits per heavy atom. The maximum Gasteiger partial charge on any atom is 0.270 e. The number of non-ortho nitro benzene ring substituents is 1. The molecule has 0 bridgehead atoms. The van der Waals surface area contributed by atoms with Crippen molar-refractivity contribution in [2.24, 2.45) is 5.10 Å². The van der Waals surface area contributed by atoms with Crippen molar-refractivity contribution in [2.45, 2.75) is 4.90 Å². The summed E-state index contributed by atoms with van der Waals surface area (Å²) >= 11 is 3.34. The lowest BCUT2D eigenvalue weighted by Gasteiger charge is -2.26. The van der Waals surface area contributed by atoms with Crippen LogP contribution >= 0.6 is 15.9 Å². The second-order valence-electron chi connectivity index (χ2n) is 5.88. The average molecular weight is 469 g/mol. The standard InChI is InChI=1S/C17H17BrN4O5S/c18-14-3-1-13(2-4-14)12-19-20-16-6-5-15(22(23)24)11-17(16)28(25,26)21-7-9-27-10-8-21/h1-6,11-12,20H,7-10H2/b19-12+. The van der Waals surface area contributed by atoms with Crippen molar-refractivity contribution < 1.29 is 18.1 Å². The Morgan fingerprint density at radius 2 is 1.86 bits per heavy atom. The van der Waals surface area contributed by atoms with Crippen LogP contribution in [0.3, 0.4) is 0 Å². The van der Waals surface area contributed by atoms with E-state index in [1.807, 2.05) is 24.3 Å². The van der Waals surface area contributed by atoms with Crippen molar-refractivity contribution in [1.82, 2.24) is 4.31 Å². The van der Waals surface area contributed by atoms with E-state index in [1.165, 1.54) is 22.7 Å². The maximum absolute atomic E-state index is 13.0. The van der Waals surface area contributed by atoms with Crippen LogP contribution in [-0.4, -0.2) is 50.2 Å². The molecule has 1 saturated heterocycles. The first-order valence-electron chi connectivity index (χ1n) is 8.29. The van der Waals surface area contributed by atoms with Gasteiger partial charge in [-0.05, 0) is 23.8 Å². The molecule has 1 aliphatic rings. The topological polar surface area (TPSA) is 114 Å². The van der Waals surface area contributed by atoms with Crippen molar-refractivity contribution in [2.75, 3.05) is 31.7 Å². The minimum atomic E-state index is -3.94. The van der Waals surface area contributed by atoms with Crippen molar-refractivity contribution in [3.05, 3.63) is 62.6 Å². The molecule has 0 saturated carbocycles. The van der Waals surface area contributed by atoms with Crippen LogP contribution in [0, 0.1) is 10.1 Å². The Morgan fingerprint density at radius 1 is 1.18 bits per heavy atom. The summed E-state index contributed by atoms with van der Waals surface area (Å²) in [6.07, 6.45) is 1.53. The fourth-order valence-electron chi connectivity index (χ4n) is 2.58. The van der Waals surface area contributed by atoms with Crippen LogP contribution in [0.1, 0.15) is 5.56 Å². The van der Waals surface area contributed by atoms with Gasteiger partial charge in [-0.1, -0.05) is 28.1 Å². The van der Waals surface area contributed by atoms with Crippen molar-refractivity contribution in [3.8, 4) is 0 Å². The third-order valence-corrected chi connectivity index (χ3v) is 6.50. The molecule has 0 radical (unpaired) electrons. The number of nitrogens with one attached hydrogen (secondary N) is 1. The number of ether oxygens (including phenoxy) is 1. The predicted molar refractivity (Wildman–Crippen MR) is 108 cm³/mol. The van der Waals surface area contributed by atoms with Gasteiger partial charge in [0.25, 0.3) is 5.69 Å². The molecule has 0 unspecified atom stereocenters. The molecule has 0 amide bonds. The zero-order valence-electron chi connectivity index (χ0n) is 14.6. The molecule has 28 heavy (non-hydrogen) atoms. The fourth-order valence-corrected chi connectivity index (χ4v) is 4.42. The molecule has 1 heterocycles. The molecule has 0 spiro atoms. The first-order chi connectivity index (χ1) is 13.4. The van der Waals surface area contributed by atoms with E-state index in [-0.39, 0.29) is 42.6 Å². The van der Waals surface area contributed by atoms with Gasteiger partial charge in [0.2, 0.25) is 10.0 Å². The highest BCUT2D eigenvalue weighted by Crippen LogP contribution is 2.29. The van der Waals surface area contributed by atoms with E-state index in [0.29, 0.717) is 0 Å². The summed E-state index contributed by atoms with van der Waals surface area (Å²) in [5.41, 5.74) is 3.33. The number of nitro benzene ring substituents is 1. The van der Waals surface area contributed by atoms with E-state index in [2.05, 4.69) is 26.5 Å². The molecule has 1 fully saturated rings. The number of sulfonamides is 1. The number of nitrogens with zero attached hydrogens (tertiary/aromatic N) is 3. The Hall–Kier alpha value is -2.34. The van der Waals surface area contributed by atoms with Gasteiger partial charge < -0.3 is 4.74 Å². The Bertz CT molecular complexity index is 989. The Labute approximate surface area is 170 Å². The van der Waals surface area contributed by atoms with E-state index in [0.717, 1.165) is 16.1 Å². The summed E-state index contributed by atoms with van der Waals surface area (Å²) in [4.78, 5) is 10.3. The van der Waals surface area contributed by atoms with Crippen molar-refractivity contribution >= 4 is 43.5 Å². The zero-order valence-corrected chi connectivity index (χ0v) is 17.0. The Balaban J connectivity index is 1.91. The van der Waals surface area contributed by atoms with E-state index in [9.17, 15) is 18.5 Å². The second kappa shape index (κ2) is 8.78.